The number of hydrogen-bond donors (Lipinski definition) is 1. The number of ketones is 1. The second-order valence-corrected chi connectivity index (χ2v) is 6.38. The summed E-state index contributed by atoms with van der Waals surface area (Å²) in [7, 11) is -1.56. The molecule has 0 amide bonds. The lowest BCUT2D eigenvalue weighted by Crippen LogP contribution is -2.32. The van der Waals surface area contributed by atoms with Gasteiger partial charge in [0.25, 0.3) is 0 Å². The summed E-state index contributed by atoms with van der Waals surface area (Å²) < 4.78 is 27.0. The summed E-state index contributed by atoms with van der Waals surface area (Å²) in [6, 6.07) is 5.75. The Hall–Kier alpha value is -1.40. The van der Waals surface area contributed by atoms with E-state index in [1.54, 1.807) is 24.3 Å². The van der Waals surface area contributed by atoms with Gasteiger partial charge >= 0.3 is 0 Å². The number of methoxy groups -OCH3 is 1. The molecule has 0 heterocycles. The molecule has 100 valence electrons. The number of benzene rings is 1. The van der Waals surface area contributed by atoms with Crippen LogP contribution in [0.15, 0.2) is 24.3 Å². The Labute approximate surface area is 107 Å². The Balaban J connectivity index is 2.68. The van der Waals surface area contributed by atoms with Crippen molar-refractivity contribution < 1.29 is 17.9 Å². The normalized spacial score (nSPS) is 13.1. The molecule has 6 heteroatoms. The van der Waals surface area contributed by atoms with E-state index < -0.39 is 15.9 Å². The number of hydrogen-bond acceptors (Lipinski definition) is 5. The van der Waals surface area contributed by atoms with Gasteiger partial charge in [-0.15, -0.1) is 0 Å². The standard InChI is InChI=1S/C12H17NO4S/c1-17-10-5-3-9(4-6-10)12(14)11(13)7-8-18(2,15)16/h3-6,11H,7-8,13H2,1-2H3. The number of nitrogens with two attached hydrogens (primary N) is 1. The van der Waals surface area contributed by atoms with Crippen molar-refractivity contribution in [2.75, 3.05) is 19.1 Å². The van der Waals surface area contributed by atoms with Crippen LogP contribution in [0.3, 0.4) is 0 Å². The molecule has 0 bridgehead atoms. The highest BCUT2D eigenvalue weighted by Crippen LogP contribution is 2.13. The summed E-state index contributed by atoms with van der Waals surface area (Å²) in [6.07, 6.45) is 1.25. The van der Waals surface area contributed by atoms with E-state index in [1.807, 2.05) is 0 Å². The van der Waals surface area contributed by atoms with Crippen LogP contribution in [0.1, 0.15) is 16.8 Å². The summed E-state index contributed by atoms with van der Waals surface area (Å²) in [4.78, 5) is 11.9. The minimum Gasteiger partial charge on any atom is -0.497 e. The summed E-state index contributed by atoms with van der Waals surface area (Å²) in [5.74, 6) is 0.299. The van der Waals surface area contributed by atoms with E-state index in [0.29, 0.717) is 11.3 Å². The summed E-state index contributed by atoms with van der Waals surface area (Å²) >= 11 is 0. The maximum atomic E-state index is 11.9. The molecule has 18 heavy (non-hydrogen) atoms. The highest BCUT2D eigenvalue weighted by atomic mass is 32.2. The fourth-order valence-electron chi connectivity index (χ4n) is 1.44. The van der Waals surface area contributed by atoms with Gasteiger partial charge in [-0.1, -0.05) is 0 Å². The Morgan fingerprint density at radius 1 is 1.33 bits per heavy atom. The van der Waals surface area contributed by atoms with Crippen LogP contribution in [-0.4, -0.2) is 39.4 Å². The summed E-state index contributed by atoms with van der Waals surface area (Å²) in [6.45, 7) is 0. The van der Waals surface area contributed by atoms with Crippen molar-refractivity contribution in [3.63, 3.8) is 0 Å². The zero-order valence-corrected chi connectivity index (χ0v) is 11.2. The predicted molar refractivity (Wildman–Crippen MR) is 69.6 cm³/mol. The van der Waals surface area contributed by atoms with Crippen molar-refractivity contribution in [3.8, 4) is 5.75 Å². The Kier molecular flexibility index (Phi) is 4.86. The zero-order chi connectivity index (χ0) is 13.8. The Morgan fingerprint density at radius 3 is 2.33 bits per heavy atom. The van der Waals surface area contributed by atoms with Gasteiger partial charge in [0, 0.05) is 11.8 Å². The maximum Gasteiger partial charge on any atom is 0.179 e. The molecular weight excluding hydrogens is 254 g/mol. The number of Topliss-reactive ketones (excluding diaryl/α,β-unsaturated/α-hetero) is 1. The van der Waals surface area contributed by atoms with Crippen LogP contribution < -0.4 is 10.5 Å². The minimum absolute atomic E-state index is 0.0872. The summed E-state index contributed by atoms with van der Waals surface area (Å²) in [5, 5.41) is 0. The van der Waals surface area contributed by atoms with E-state index in [1.165, 1.54) is 7.11 Å². The van der Waals surface area contributed by atoms with Gasteiger partial charge in [-0.25, -0.2) is 8.42 Å². The lowest BCUT2D eigenvalue weighted by Gasteiger charge is -2.10. The molecule has 1 rings (SSSR count). The largest absolute Gasteiger partial charge is 0.497 e. The summed E-state index contributed by atoms with van der Waals surface area (Å²) in [5.41, 5.74) is 6.14. The van der Waals surface area contributed by atoms with Crippen molar-refractivity contribution in [2.24, 2.45) is 5.73 Å². The van der Waals surface area contributed by atoms with Gasteiger partial charge in [0.15, 0.2) is 5.78 Å². The first-order chi connectivity index (χ1) is 8.33. The molecule has 5 nitrogen and oxygen atoms in total. The van der Waals surface area contributed by atoms with E-state index in [4.69, 9.17) is 10.5 Å². The van der Waals surface area contributed by atoms with Crippen LogP contribution in [0.4, 0.5) is 0 Å². The Morgan fingerprint density at radius 2 is 1.89 bits per heavy atom. The van der Waals surface area contributed by atoms with E-state index in [0.717, 1.165) is 6.26 Å². The van der Waals surface area contributed by atoms with Gasteiger partial charge in [-0.2, -0.15) is 0 Å². The number of carbonyl (C=O) groups excluding carboxylic acids is 1. The van der Waals surface area contributed by atoms with Crippen molar-refractivity contribution >= 4 is 15.6 Å². The van der Waals surface area contributed by atoms with Gasteiger partial charge in [-0.05, 0) is 30.7 Å². The van der Waals surface area contributed by atoms with Gasteiger partial charge in [0.1, 0.15) is 15.6 Å². The topological polar surface area (TPSA) is 86.5 Å². The van der Waals surface area contributed by atoms with Crippen LogP contribution in [0.2, 0.25) is 0 Å². The fourth-order valence-corrected chi connectivity index (χ4v) is 2.12. The van der Waals surface area contributed by atoms with Crippen LogP contribution in [0.5, 0.6) is 5.75 Å². The van der Waals surface area contributed by atoms with E-state index >= 15 is 0 Å². The smallest absolute Gasteiger partial charge is 0.179 e. The van der Waals surface area contributed by atoms with Gasteiger partial charge in [0.05, 0.1) is 18.9 Å². The maximum absolute atomic E-state index is 11.9. The van der Waals surface area contributed by atoms with Gasteiger partial charge in [-0.3, -0.25) is 4.79 Å². The zero-order valence-electron chi connectivity index (χ0n) is 10.4. The van der Waals surface area contributed by atoms with Crippen molar-refractivity contribution in [1.82, 2.24) is 0 Å². The van der Waals surface area contributed by atoms with E-state index in [-0.39, 0.29) is 18.0 Å². The lowest BCUT2D eigenvalue weighted by atomic mass is 10.0. The third-order valence-corrected chi connectivity index (χ3v) is 3.49. The van der Waals surface area contributed by atoms with Crippen molar-refractivity contribution in [2.45, 2.75) is 12.5 Å². The molecule has 0 aromatic heterocycles. The molecule has 0 aliphatic rings. The van der Waals surface area contributed by atoms with Crippen molar-refractivity contribution in [1.29, 1.82) is 0 Å². The van der Waals surface area contributed by atoms with Crippen LogP contribution in [-0.2, 0) is 9.84 Å². The number of ether oxygens (including phenoxy) is 1. The number of rotatable bonds is 6. The van der Waals surface area contributed by atoms with Gasteiger partial charge in [0.2, 0.25) is 0 Å². The molecular formula is C12H17NO4S. The molecule has 0 radical (unpaired) electrons. The third kappa shape index (κ3) is 4.46. The minimum atomic E-state index is -3.10. The van der Waals surface area contributed by atoms with Crippen LogP contribution >= 0.6 is 0 Å². The molecule has 0 fully saturated rings. The molecule has 0 spiro atoms. The molecule has 1 atom stereocenters. The predicted octanol–water partition coefficient (Wildman–Crippen LogP) is 0.640. The molecule has 1 aromatic rings. The highest BCUT2D eigenvalue weighted by Gasteiger charge is 2.17. The second kappa shape index (κ2) is 5.97. The lowest BCUT2D eigenvalue weighted by molar-refractivity contribution is 0.0960. The van der Waals surface area contributed by atoms with E-state index in [2.05, 4.69) is 0 Å². The molecule has 2 N–H and O–H groups in total. The first-order valence-corrected chi connectivity index (χ1v) is 7.51. The molecule has 0 aliphatic carbocycles. The number of sulfone groups is 1. The monoisotopic (exact) mass is 271 g/mol. The van der Waals surface area contributed by atoms with Crippen molar-refractivity contribution in [3.05, 3.63) is 29.8 Å². The SMILES string of the molecule is COc1ccc(C(=O)C(N)CCS(C)(=O)=O)cc1. The van der Waals surface area contributed by atoms with Gasteiger partial charge < -0.3 is 10.5 Å². The Bertz CT molecular complexity index is 507. The highest BCUT2D eigenvalue weighted by molar-refractivity contribution is 7.90. The quantitative estimate of drug-likeness (QED) is 0.767. The first kappa shape index (κ1) is 14.7. The molecule has 1 unspecified atom stereocenters. The average molecular weight is 271 g/mol. The molecule has 0 saturated heterocycles. The third-order valence-electron chi connectivity index (χ3n) is 2.51. The molecule has 1 aromatic carbocycles. The van der Waals surface area contributed by atoms with Crippen LogP contribution in [0.25, 0.3) is 0 Å². The first-order valence-electron chi connectivity index (χ1n) is 5.45. The second-order valence-electron chi connectivity index (χ2n) is 4.12. The fraction of sp³-hybridized carbons (Fsp3) is 0.417. The number of carbonyl (C=O) groups is 1. The van der Waals surface area contributed by atoms with Crippen LogP contribution in [0, 0.1) is 0 Å². The molecule has 0 saturated carbocycles. The average Bonchev–Trinajstić information content (AvgIpc) is 2.34. The van der Waals surface area contributed by atoms with E-state index in [9.17, 15) is 13.2 Å². The molecule has 0 aliphatic heterocycles.